The lowest BCUT2D eigenvalue weighted by atomic mass is 10.1. The zero-order valence-corrected chi connectivity index (χ0v) is 22.6. The summed E-state index contributed by atoms with van der Waals surface area (Å²) in [5, 5.41) is 24.2. The molecule has 0 unspecified atom stereocenters. The van der Waals surface area contributed by atoms with Gasteiger partial charge < -0.3 is 30.1 Å². The van der Waals surface area contributed by atoms with Crippen molar-refractivity contribution in [1.29, 1.82) is 0 Å². The van der Waals surface area contributed by atoms with Gasteiger partial charge in [-0.05, 0) is 62.1 Å². The van der Waals surface area contributed by atoms with Crippen molar-refractivity contribution < 1.29 is 19.4 Å². The Morgan fingerprint density at radius 1 is 0.975 bits per heavy atom. The number of H-pyrrole nitrogens is 1. The van der Waals surface area contributed by atoms with Crippen LogP contribution in [0.1, 0.15) is 37.4 Å². The Labute approximate surface area is 231 Å². The fourth-order valence-electron chi connectivity index (χ4n) is 4.53. The van der Waals surface area contributed by atoms with Gasteiger partial charge in [0, 0.05) is 36.0 Å². The maximum atomic E-state index is 11.4. The van der Waals surface area contributed by atoms with Gasteiger partial charge in [0.1, 0.15) is 11.6 Å². The zero-order valence-electron chi connectivity index (χ0n) is 22.6. The molecule has 0 radical (unpaired) electrons. The van der Waals surface area contributed by atoms with Crippen molar-refractivity contribution in [3.05, 3.63) is 54.4 Å². The van der Waals surface area contributed by atoms with Gasteiger partial charge >= 0.3 is 0 Å². The number of fused-ring (bicyclic) bond motifs is 1. The number of hydrogen-bond acceptors (Lipinski definition) is 9. The second-order valence-corrected chi connectivity index (χ2v) is 10.4. The van der Waals surface area contributed by atoms with Crippen molar-refractivity contribution >= 4 is 40.0 Å². The number of carbonyl (C=O) groups excluding carboxylic acids is 1. The molecule has 0 spiro atoms. The van der Waals surface area contributed by atoms with Gasteiger partial charge in [-0.25, -0.2) is 9.97 Å². The molecule has 2 aromatic heterocycles. The topological polar surface area (TPSA) is 138 Å². The second-order valence-electron chi connectivity index (χ2n) is 10.4. The number of rotatable bonds is 8. The first kappa shape index (κ1) is 25.9. The fourth-order valence-corrected chi connectivity index (χ4v) is 4.53. The number of aromatic amines is 1. The molecule has 11 nitrogen and oxygen atoms in total. The third kappa shape index (κ3) is 5.64. The number of nitrogens with zero attached hydrogens (tertiary/aromatic N) is 4. The van der Waals surface area contributed by atoms with Crippen LogP contribution in [0.5, 0.6) is 11.5 Å². The van der Waals surface area contributed by atoms with E-state index in [-0.39, 0.29) is 17.9 Å². The van der Waals surface area contributed by atoms with Gasteiger partial charge in [-0.2, -0.15) is 5.10 Å². The molecule has 3 heterocycles. The van der Waals surface area contributed by atoms with Crippen LogP contribution < -0.4 is 25.0 Å². The number of aliphatic hydroxyl groups excluding tert-OH is 1. The number of aromatic nitrogens is 4. The van der Waals surface area contributed by atoms with Crippen molar-refractivity contribution in [3.8, 4) is 11.5 Å². The number of methoxy groups -OCH3 is 2. The van der Waals surface area contributed by atoms with Gasteiger partial charge in [-0.1, -0.05) is 12.1 Å². The first-order chi connectivity index (χ1) is 19.5. The summed E-state index contributed by atoms with van der Waals surface area (Å²) in [5.41, 5.74) is 1.79. The average Bonchev–Trinajstić information content (AvgIpc) is 3.89. The van der Waals surface area contributed by atoms with E-state index in [1.807, 2.05) is 53.4 Å². The number of β-amino-alcohol motifs (C(OH)–C–C–N with tert-alkyl or cyclic N) is 1. The third-order valence-electron chi connectivity index (χ3n) is 7.19. The smallest absolute Gasteiger partial charge is 0.227 e. The summed E-state index contributed by atoms with van der Waals surface area (Å²) in [6.45, 7) is 1.12. The number of nitrogens with one attached hydrogen (secondary N) is 3. The SMILES string of the molecule is COc1c(Nc2n[nH]c3ccccc23)nc(C2CC2)nc1N1CC(O)C1.COc1ccc(NC(=O)C2CC2)cc1. The van der Waals surface area contributed by atoms with E-state index in [0.717, 1.165) is 59.7 Å². The van der Waals surface area contributed by atoms with Gasteiger partial charge in [-0.15, -0.1) is 0 Å². The number of ether oxygens (including phenoxy) is 2. The van der Waals surface area contributed by atoms with Crippen molar-refractivity contribution in [3.63, 3.8) is 0 Å². The molecule has 2 saturated carbocycles. The lowest BCUT2D eigenvalue weighted by Crippen LogP contribution is -2.51. The average molecular weight is 544 g/mol. The largest absolute Gasteiger partial charge is 0.497 e. The molecule has 4 N–H and O–H groups in total. The van der Waals surface area contributed by atoms with E-state index in [9.17, 15) is 9.90 Å². The van der Waals surface area contributed by atoms with Crippen molar-refractivity contribution in [2.45, 2.75) is 37.7 Å². The van der Waals surface area contributed by atoms with E-state index in [2.05, 4.69) is 20.8 Å². The zero-order chi connectivity index (χ0) is 27.6. The normalized spacial score (nSPS) is 16.5. The van der Waals surface area contributed by atoms with Gasteiger partial charge in [0.25, 0.3) is 0 Å². The van der Waals surface area contributed by atoms with Crippen LogP contribution in [0.15, 0.2) is 48.5 Å². The van der Waals surface area contributed by atoms with Crippen molar-refractivity contribution in [2.75, 3.05) is 42.8 Å². The van der Waals surface area contributed by atoms with Crippen LogP contribution in [0.3, 0.4) is 0 Å². The molecular formula is C29H33N7O4. The number of anilines is 4. The van der Waals surface area contributed by atoms with Gasteiger partial charge in [0.05, 0.1) is 25.8 Å². The van der Waals surface area contributed by atoms with Crippen molar-refractivity contribution in [1.82, 2.24) is 20.2 Å². The van der Waals surface area contributed by atoms with Crippen LogP contribution in [-0.2, 0) is 4.79 Å². The van der Waals surface area contributed by atoms with Crippen LogP contribution in [0, 0.1) is 5.92 Å². The van der Waals surface area contributed by atoms with E-state index < -0.39 is 0 Å². The Hall–Kier alpha value is -4.38. The molecule has 1 amide bonds. The standard InChI is InChI=1S/C18H20N6O2.C11H13NO2/c1-26-14-17(20-16-12-4-2-3-5-13(12)22-23-16)19-15(10-6-7-10)21-18(14)24-8-11(25)9-24;1-14-10-6-4-9(5-7-10)12-11(13)8-2-3-8/h2-5,10-11,25H,6-9H2,1H3,(H2,19,20,21,22,23);4-8H,2-3H2,1H3,(H,12,13). The highest BCUT2D eigenvalue weighted by Crippen LogP contribution is 2.43. The molecular weight excluding hydrogens is 510 g/mol. The predicted molar refractivity (Wildman–Crippen MR) is 153 cm³/mol. The first-order valence-corrected chi connectivity index (χ1v) is 13.6. The minimum absolute atomic E-state index is 0.134. The summed E-state index contributed by atoms with van der Waals surface area (Å²) in [4.78, 5) is 22.8. The van der Waals surface area contributed by atoms with Crippen LogP contribution in [0.2, 0.25) is 0 Å². The lowest BCUT2D eigenvalue weighted by Gasteiger charge is -2.37. The van der Waals surface area contributed by atoms with Crippen LogP contribution in [0.25, 0.3) is 10.9 Å². The summed E-state index contributed by atoms with van der Waals surface area (Å²) in [5.74, 6) is 5.03. The molecule has 2 aromatic carbocycles. The Bertz CT molecular complexity index is 1490. The minimum atomic E-state index is -0.314. The Morgan fingerprint density at radius 3 is 2.38 bits per heavy atom. The van der Waals surface area contributed by atoms with E-state index in [1.165, 1.54) is 0 Å². The van der Waals surface area contributed by atoms with E-state index >= 15 is 0 Å². The summed E-state index contributed by atoms with van der Waals surface area (Å²) < 4.78 is 10.7. The predicted octanol–water partition coefficient (Wildman–Crippen LogP) is 4.21. The second kappa shape index (κ2) is 11.0. The number of carbonyl (C=O) groups is 1. The Morgan fingerprint density at radius 2 is 1.73 bits per heavy atom. The van der Waals surface area contributed by atoms with Gasteiger partial charge in [-0.3, -0.25) is 9.89 Å². The van der Waals surface area contributed by atoms with Gasteiger partial charge in [0.2, 0.25) is 11.7 Å². The minimum Gasteiger partial charge on any atom is -0.497 e. The number of hydrogen-bond donors (Lipinski definition) is 4. The van der Waals surface area contributed by atoms with Crippen LogP contribution >= 0.6 is 0 Å². The number of benzene rings is 2. The Kier molecular flexibility index (Phi) is 7.12. The molecule has 3 fully saturated rings. The number of para-hydroxylation sites is 1. The van der Waals surface area contributed by atoms with Gasteiger partial charge in [0.15, 0.2) is 17.5 Å². The highest BCUT2D eigenvalue weighted by molar-refractivity contribution is 5.94. The third-order valence-corrected chi connectivity index (χ3v) is 7.19. The molecule has 40 heavy (non-hydrogen) atoms. The lowest BCUT2D eigenvalue weighted by molar-refractivity contribution is -0.117. The van der Waals surface area contributed by atoms with E-state index in [1.54, 1.807) is 14.2 Å². The van der Waals surface area contributed by atoms with Crippen LogP contribution in [0.4, 0.5) is 23.1 Å². The van der Waals surface area contributed by atoms with Crippen molar-refractivity contribution in [2.24, 2.45) is 5.92 Å². The molecule has 3 aliphatic rings. The molecule has 7 rings (SSSR count). The number of aliphatic hydroxyl groups is 1. The molecule has 0 bridgehead atoms. The molecule has 1 aliphatic heterocycles. The molecule has 2 aliphatic carbocycles. The monoisotopic (exact) mass is 543 g/mol. The highest BCUT2D eigenvalue weighted by Gasteiger charge is 2.34. The molecule has 0 atom stereocenters. The molecule has 1 saturated heterocycles. The number of amides is 1. The maximum absolute atomic E-state index is 11.4. The fraction of sp³-hybridized carbons (Fsp3) is 0.379. The molecule has 11 heteroatoms. The van der Waals surface area contributed by atoms with Crippen LogP contribution in [-0.4, -0.2) is 64.6 Å². The van der Waals surface area contributed by atoms with E-state index in [0.29, 0.717) is 36.4 Å². The molecule has 208 valence electrons. The summed E-state index contributed by atoms with van der Waals surface area (Å²) >= 11 is 0. The van der Waals surface area contributed by atoms with E-state index in [4.69, 9.17) is 19.4 Å². The summed E-state index contributed by atoms with van der Waals surface area (Å²) in [7, 11) is 3.24. The first-order valence-electron chi connectivity index (χ1n) is 13.6. The maximum Gasteiger partial charge on any atom is 0.227 e. The summed E-state index contributed by atoms with van der Waals surface area (Å²) in [6.07, 6.45) is 3.97. The Balaban J connectivity index is 0.000000175. The summed E-state index contributed by atoms with van der Waals surface area (Å²) in [6, 6.07) is 15.3. The highest BCUT2D eigenvalue weighted by atomic mass is 16.5. The quantitative estimate of drug-likeness (QED) is 0.258. The molecule has 4 aromatic rings.